The minimum absolute atomic E-state index is 0.127. The van der Waals surface area contributed by atoms with Crippen molar-refractivity contribution in [3.8, 4) is 17.6 Å². The number of H-pyrrole nitrogens is 1. The monoisotopic (exact) mass is 470 g/mol. The SMILES string of the molecule is CC(C)Oc1ccc(C#Cc2ccc(F)cc2)cc1C(=O)N[C@@H](CO)Cc1c[nH]c2ccccc12. The molecule has 0 aliphatic rings. The molecule has 3 N–H and O–H groups in total. The molecule has 0 aliphatic carbocycles. The van der Waals surface area contributed by atoms with Crippen molar-refractivity contribution < 1.29 is 19.0 Å². The molecule has 5 nitrogen and oxygen atoms in total. The number of fused-ring (bicyclic) bond motifs is 1. The fourth-order valence-electron chi connectivity index (χ4n) is 3.81. The molecule has 1 aromatic heterocycles. The lowest BCUT2D eigenvalue weighted by Gasteiger charge is -2.19. The molecule has 6 heteroatoms. The molecule has 0 radical (unpaired) electrons. The van der Waals surface area contributed by atoms with Crippen molar-refractivity contribution in [2.24, 2.45) is 0 Å². The molecule has 1 atom stereocenters. The third kappa shape index (κ3) is 6.08. The Morgan fingerprint density at radius 3 is 2.51 bits per heavy atom. The number of carbonyl (C=O) groups is 1. The number of nitrogens with one attached hydrogen (secondary N) is 2. The van der Waals surface area contributed by atoms with Crippen molar-refractivity contribution in [2.45, 2.75) is 32.4 Å². The van der Waals surface area contributed by atoms with Gasteiger partial charge >= 0.3 is 0 Å². The van der Waals surface area contributed by atoms with Gasteiger partial charge in [0.25, 0.3) is 5.91 Å². The van der Waals surface area contributed by atoms with Gasteiger partial charge in [-0.05, 0) is 74.4 Å². The van der Waals surface area contributed by atoms with Gasteiger partial charge in [-0.25, -0.2) is 4.39 Å². The first-order valence-electron chi connectivity index (χ1n) is 11.5. The summed E-state index contributed by atoms with van der Waals surface area (Å²) in [5, 5.41) is 14.0. The number of aromatic amines is 1. The van der Waals surface area contributed by atoms with E-state index < -0.39 is 6.04 Å². The molecule has 0 spiro atoms. The molecule has 178 valence electrons. The van der Waals surface area contributed by atoms with E-state index in [1.54, 1.807) is 30.3 Å². The van der Waals surface area contributed by atoms with E-state index in [2.05, 4.69) is 22.1 Å². The van der Waals surface area contributed by atoms with Gasteiger partial charge in [0.2, 0.25) is 0 Å². The van der Waals surface area contributed by atoms with Gasteiger partial charge in [-0.1, -0.05) is 30.0 Å². The number of amides is 1. The Kier molecular flexibility index (Phi) is 7.49. The van der Waals surface area contributed by atoms with Crippen molar-refractivity contribution >= 4 is 16.8 Å². The van der Waals surface area contributed by atoms with Crippen LogP contribution in [0.1, 0.15) is 40.9 Å². The van der Waals surface area contributed by atoms with E-state index in [1.165, 1.54) is 12.1 Å². The van der Waals surface area contributed by atoms with Crippen LogP contribution < -0.4 is 10.1 Å². The quantitative estimate of drug-likeness (QED) is 0.339. The van der Waals surface area contributed by atoms with Crippen molar-refractivity contribution in [2.75, 3.05) is 6.61 Å². The Balaban J connectivity index is 1.57. The highest BCUT2D eigenvalue weighted by Crippen LogP contribution is 2.23. The summed E-state index contributed by atoms with van der Waals surface area (Å²) in [6.45, 7) is 3.56. The highest BCUT2D eigenvalue weighted by atomic mass is 19.1. The van der Waals surface area contributed by atoms with Crippen molar-refractivity contribution in [3.63, 3.8) is 0 Å². The Morgan fingerprint density at radius 2 is 1.77 bits per heavy atom. The van der Waals surface area contributed by atoms with Crippen LogP contribution in [0.2, 0.25) is 0 Å². The lowest BCUT2D eigenvalue weighted by molar-refractivity contribution is 0.0910. The average molecular weight is 471 g/mol. The van der Waals surface area contributed by atoms with E-state index in [4.69, 9.17) is 4.74 Å². The van der Waals surface area contributed by atoms with Crippen molar-refractivity contribution in [3.05, 3.63) is 101 Å². The van der Waals surface area contributed by atoms with Crippen LogP contribution in [0.3, 0.4) is 0 Å². The summed E-state index contributed by atoms with van der Waals surface area (Å²) < 4.78 is 19.0. The number of halogens is 1. The number of benzene rings is 3. The number of aromatic nitrogens is 1. The fourth-order valence-corrected chi connectivity index (χ4v) is 3.81. The first-order chi connectivity index (χ1) is 16.9. The summed E-state index contributed by atoms with van der Waals surface area (Å²) >= 11 is 0. The number of rotatable bonds is 7. The first kappa shape index (κ1) is 24.1. The van der Waals surface area contributed by atoms with Gasteiger partial charge < -0.3 is 20.1 Å². The lowest BCUT2D eigenvalue weighted by atomic mass is 10.0. The van der Waals surface area contributed by atoms with Gasteiger partial charge in [0, 0.05) is 28.2 Å². The third-order valence-electron chi connectivity index (χ3n) is 5.48. The molecule has 0 unspecified atom stereocenters. The number of hydrogen-bond acceptors (Lipinski definition) is 3. The van der Waals surface area contributed by atoms with E-state index in [0.717, 1.165) is 16.5 Å². The molecule has 0 saturated heterocycles. The van der Waals surface area contributed by atoms with Gasteiger partial charge in [0.1, 0.15) is 11.6 Å². The third-order valence-corrected chi connectivity index (χ3v) is 5.48. The van der Waals surface area contributed by atoms with E-state index in [9.17, 15) is 14.3 Å². The van der Waals surface area contributed by atoms with Crippen molar-refractivity contribution in [1.29, 1.82) is 0 Å². The number of para-hydroxylation sites is 1. The standard InChI is InChI=1S/C29H27FN2O3/c1-19(2)35-28-14-11-21(8-7-20-9-12-23(30)13-10-20)15-26(28)29(34)32-24(18-33)16-22-17-31-27-6-4-3-5-25(22)27/h3-6,9-15,17,19,24,31,33H,16,18H2,1-2H3,(H,32,34)/t24-/m1/s1. The predicted molar refractivity (Wildman–Crippen MR) is 135 cm³/mol. The lowest BCUT2D eigenvalue weighted by Crippen LogP contribution is -2.39. The summed E-state index contributed by atoms with van der Waals surface area (Å²) in [5.74, 6) is 5.76. The van der Waals surface area contributed by atoms with E-state index in [1.807, 2.05) is 44.3 Å². The molecular formula is C29H27FN2O3. The van der Waals surface area contributed by atoms with Crippen LogP contribution in [0, 0.1) is 17.7 Å². The van der Waals surface area contributed by atoms with Crippen LogP contribution in [0.5, 0.6) is 5.75 Å². The Bertz CT molecular complexity index is 1380. The summed E-state index contributed by atoms with van der Waals surface area (Å²) in [4.78, 5) is 16.5. The molecule has 1 amide bonds. The second kappa shape index (κ2) is 10.9. The molecule has 4 aromatic rings. The molecule has 0 fully saturated rings. The zero-order valence-corrected chi connectivity index (χ0v) is 19.6. The zero-order valence-electron chi connectivity index (χ0n) is 19.6. The number of aliphatic hydroxyl groups is 1. The van der Waals surface area contributed by atoms with Gasteiger partial charge in [-0.3, -0.25) is 4.79 Å². The van der Waals surface area contributed by atoms with Crippen LogP contribution in [-0.4, -0.2) is 34.8 Å². The number of ether oxygens (including phenoxy) is 1. The maximum absolute atomic E-state index is 13.3. The summed E-state index contributed by atoms with van der Waals surface area (Å²) in [7, 11) is 0. The second-order valence-electron chi connectivity index (χ2n) is 8.55. The van der Waals surface area contributed by atoms with E-state index in [-0.39, 0.29) is 24.4 Å². The molecule has 1 heterocycles. The molecule has 0 aliphatic heterocycles. The normalized spacial score (nSPS) is 11.7. The Hall–Kier alpha value is -4.08. The molecule has 0 bridgehead atoms. The highest BCUT2D eigenvalue weighted by Gasteiger charge is 2.19. The second-order valence-corrected chi connectivity index (χ2v) is 8.55. The minimum atomic E-state index is -0.484. The van der Waals surface area contributed by atoms with Gasteiger partial charge in [0.15, 0.2) is 0 Å². The van der Waals surface area contributed by atoms with Crippen LogP contribution in [0.15, 0.2) is 72.9 Å². The van der Waals surface area contributed by atoms with E-state index >= 15 is 0 Å². The van der Waals surface area contributed by atoms with Gasteiger partial charge in [0.05, 0.1) is 24.3 Å². The molecular weight excluding hydrogens is 443 g/mol. The largest absolute Gasteiger partial charge is 0.490 e. The smallest absolute Gasteiger partial charge is 0.255 e. The molecule has 3 aromatic carbocycles. The van der Waals surface area contributed by atoms with Crippen LogP contribution in [0.25, 0.3) is 10.9 Å². The summed E-state index contributed by atoms with van der Waals surface area (Å²) in [6.07, 6.45) is 2.24. The van der Waals surface area contributed by atoms with Gasteiger partial charge in [-0.15, -0.1) is 0 Å². The number of hydrogen-bond donors (Lipinski definition) is 3. The van der Waals surface area contributed by atoms with Gasteiger partial charge in [-0.2, -0.15) is 0 Å². The topological polar surface area (TPSA) is 74.3 Å². The predicted octanol–water partition coefficient (Wildman–Crippen LogP) is 4.83. The Morgan fingerprint density at radius 1 is 1.06 bits per heavy atom. The molecule has 0 saturated carbocycles. The maximum atomic E-state index is 13.3. The fraction of sp³-hybridized carbons (Fsp3) is 0.207. The maximum Gasteiger partial charge on any atom is 0.255 e. The summed E-state index contributed by atoms with van der Waals surface area (Å²) in [5.41, 5.74) is 3.64. The first-order valence-corrected chi connectivity index (χ1v) is 11.5. The Labute approximate surface area is 204 Å². The zero-order chi connectivity index (χ0) is 24.8. The minimum Gasteiger partial charge on any atom is -0.490 e. The van der Waals surface area contributed by atoms with Crippen LogP contribution >= 0.6 is 0 Å². The van der Waals surface area contributed by atoms with Crippen LogP contribution in [0.4, 0.5) is 4.39 Å². The van der Waals surface area contributed by atoms with Crippen molar-refractivity contribution in [1.82, 2.24) is 10.3 Å². The average Bonchev–Trinajstić information content (AvgIpc) is 3.26. The highest BCUT2D eigenvalue weighted by molar-refractivity contribution is 5.97. The number of carbonyl (C=O) groups excluding carboxylic acids is 1. The summed E-state index contributed by atoms with van der Waals surface area (Å²) in [6, 6.07) is 18.5. The molecule has 35 heavy (non-hydrogen) atoms. The van der Waals surface area contributed by atoms with Crippen LogP contribution in [-0.2, 0) is 6.42 Å². The molecule has 4 rings (SSSR count). The number of aliphatic hydroxyl groups excluding tert-OH is 1. The van der Waals surface area contributed by atoms with E-state index in [0.29, 0.717) is 28.9 Å².